The summed E-state index contributed by atoms with van der Waals surface area (Å²) in [5.41, 5.74) is 2.24. The van der Waals surface area contributed by atoms with Crippen LogP contribution in [0.3, 0.4) is 0 Å². The predicted molar refractivity (Wildman–Crippen MR) is 80.2 cm³/mol. The van der Waals surface area contributed by atoms with Crippen molar-refractivity contribution in [2.45, 2.75) is 12.8 Å². The van der Waals surface area contributed by atoms with Gasteiger partial charge in [0.1, 0.15) is 0 Å². The maximum Gasteiger partial charge on any atom is 0.213 e. The summed E-state index contributed by atoms with van der Waals surface area (Å²) >= 11 is 0. The van der Waals surface area contributed by atoms with Crippen LogP contribution < -0.4 is 14.2 Å². The van der Waals surface area contributed by atoms with Crippen molar-refractivity contribution in [3.8, 4) is 17.4 Å². The molecule has 1 aromatic carbocycles. The van der Waals surface area contributed by atoms with E-state index in [0.717, 1.165) is 30.0 Å². The number of hydrogen-bond acceptors (Lipinski definition) is 4. The van der Waals surface area contributed by atoms with Gasteiger partial charge >= 0.3 is 0 Å². The van der Waals surface area contributed by atoms with Crippen molar-refractivity contribution < 1.29 is 14.2 Å². The smallest absolute Gasteiger partial charge is 0.213 e. The zero-order valence-electron chi connectivity index (χ0n) is 12.3. The minimum atomic E-state index is 0.421. The zero-order valence-corrected chi connectivity index (χ0v) is 12.3. The maximum atomic E-state index is 5.90. The first-order valence-electron chi connectivity index (χ1n) is 7.08. The van der Waals surface area contributed by atoms with Crippen LogP contribution in [0.15, 0.2) is 36.4 Å². The third-order valence-corrected chi connectivity index (χ3v) is 3.74. The fourth-order valence-electron chi connectivity index (χ4n) is 2.73. The molecule has 0 amide bonds. The molecule has 0 unspecified atom stereocenters. The van der Waals surface area contributed by atoms with Crippen molar-refractivity contribution in [1.29, 1.82) is 0 Å². The number of benzene rings is 1. The molecule has 0 radical (unpaired) electrons. The van der Waals surface area contributed by atoms with Crippen LogP contribution in [0.25, 0.3) is 0 Å². The second-order valence-corrected chi connectivity index (χ2v) is 5.21. The largest absolute Gasteiger partial charge is 0.493 e. The summed E-state index contributed by atoms with van der Waals surface area (Å²) in [5, 5.41) is 0. The molecule has 0 fully saturated rings. The lowest BCUT2D eigenvalue weighted by Gasteiger charge is -2.26. The molecule has 0 N–H and O–H groups in total. The SMILES string of the molecule is COc1cccc(C[C@@H]2COc3c(cccc3OC)C2)n1. The van der Waals surface area contributed by atoms with Crippen LogP contribution in [-0.2, 0) is 12.8 Å². The highest BCUT2D eigenvalue weighted by Crippen LogP contribution is 2.36. The van der Waals surface area contributed by atoms with Gasteiger partial charge in [0, 0.05) is 17.7 Å². The quantitative estimate of drug-likeness (QED) is 0.866. The summed E-state index contributed by atoms with van der Waals surface area (Å²) in [4.78, 5) is 4.47. The van der Waals surface area contributed by atoms with Crippen LogP contribution in [0.2, 0.25) is 0 Å². The van der Waals surface area contributed by atoms with Gasteiger partial charge in [0.05, 0.1) is 20.8 Å². The Hall–Kier alpha value is -2.23. The summed E-state index contributed by atoms with van der Waals surface area (Å²) < 4.78 is 16.4. The molecule has 1 aliphatic heterocycles. The maximum absolute atomic E-state index is 5.90. The van der Waals surface area contributed by atoms with Gasteiger partial charge in [-0.25, -0.2) is 4.98 Å². The third kappa shape index (κ3) is 2.94. The van der Waals surface area contributed by atoms with Crippen LogP contribution in [0, 0.1) is 5.92 Å². The fraction of sp³-hybridized carbons (Fsp3) is 0.353. The Morgan fingerprint density at radius 3 is 2.81 bits per heavy atom. The van der Waals surface area contributed by atoms with Gasteiger partial charge < -0.3 is 14.2 Å². The van der Waals surface area contributed by atoms with Crippen LogP contribution in [0.4, 0.5) is 0 Å². The normalized spacial score (nSPS) is 16.8. The van der Waals surface area contributed by atoms with Gasteiger partial charge in [-0.3, -0.25) is 0 Å². The summed E-state index contributed by atoms with van der Waals surface area (Å²) in [6.45, 7) is 0.687. The van der Waals surface area contributed by atoms with E-state index >= 15 is 0 Å². The molecule has 1 aromatic heterocycles. The molecular weight excluding hydrogens is 266 g/mol. The van der Waals surface area contributed by atoms with E-state index < -0.39 is 0 Å². The average molecular weight is 285 g/mol. The van der Waals surface area contributed by atoms with Crippen molar-refractivity contribution in [3.05, 3.63) is 47.7 Å². The third-order valence-electron chi connectivity index (χ3n) is 3.74. The lowest BCUT2D eigenvalue weighted by Crippen LogP contribution is -2.23. The standard InChI is InChI=1S/C17H19NO3/c1-19-15-7-3-5-13-9-12(11-21-17(13)15)10-14-6-4-8-16(18-14)20-2/h3-8,12H,9-11H2,1-2H3/t12-/m1/s1. The number of fused-ring (bicyclic) bond motifs is 1. The lowest BCUT2D eigenvalue weighted by molar-refractivity contribution is 0.210. The Balaban J connectivity index is 1.74. The summed E-state index contributed by atoms with van der Waals surface area (Å²) in [5.74, 6) is 2.77. The highest BCUT2D eigenvalue weighted by atomic mass is 16.5. The van der Waals surface area contributed by atoms with Gasteiger partial charge in [-0.05, 0) is 30.5 Å². The molecule has 1 aliphatic rings. The van der Waals surface area contributed by atoms with E-state index in [1.807, 2.05) is 30.3 Å². The van der Waals surface area contributed by atoms with Crippen molar-refractivity contribution in [3.63, 3.8) is 0 Å². The monoisotopic (exact) mass is 285 g/mol. The molecule has 110 valence electrons. The van der Waals surface area contributed by atoms with Crippen LogP contribution in [-0.4, -0.2) is 25.8 Å². The minimum Gasteiger partial charge on any atom is -0.493 e. The molecule has 0 aliphatic carbocycles. The van der Waals surface area contributed by atoms with E-state index in [4.69, 9.17) is 14.2 Å². The Labute approximate surface area is 124 Å². The number of methoxy groups -OCH3 is 2. The first kappa shape index (κ1) is 13.7. The number of rotatable bonds is 4. The second-order valence-electron chi connectivity index (χ2n) is 5.21. The summed E-state index contributed by atoms with van der Waals surface area (Å²) in [7, 11) is 3.31. The van der Waals surface area contributed by atoms with E-state index in [0.29, 0.717) is 18.4 Å². The summed E-state index contributed by atoms with van der Waals surface area (Å²) in [6.07, 6.45) is 1.86. The molecular formula is C17H19NO3. The lowest BCUT2D eigenvalue weighted by atomic mass is 9.92. The highest BCUT2D eigenvalue weighted by molar-refractivity contribution is 5.47. The van der Waals surface area contributed by atoms with Crippen molar-refractivity contribution in [2.75, 3.05) is 20.8 Å². The number of aromatic nitrogens is 1. The second kappa shape index (κ2) is 6.04. The average Bonchev–Trinajstić information content (AvgIpc) is 2.54. The first-order valence-corrected chi connectivity index (χ1v) is 7.08. The van der Waals surface area contributed by atoms with Gasteiger partial charge in [-0.1, -0.05) is 18.2 Å². The number of pyridine rings is 1. The van der Waals surface area contributed by atoms with E-state index in [1.165, 1.54) is 5.56 Å². The molecule has 4 heteroatoms. The predicted octanol–water partition coefficient (Wildman–Crippen LogP) is 2.89. The van der Waals surface area contributed by atoms with Gasteiger partial charge in [0.25, 0.3) is 0 Å². The number of para-hydroxylation sites is 1. The Kier molecular flexibility index (Phi) is 3.95. The number of ether oxygens (including phenoxy) is 3. The topological polar surface area (TPSA) is 40.6 Å². The van der Waals surface area contributed by atoms with E-state index in [-0.39, 0.29) is 0 Å². The van der Waals surface area contributed by atoms with Crippen LogP contribution in [0.1, 0.15) is 11.3 Å². The van der Waals surface area contributed by atoms with E-state index in [1.54, 1.807) is 14.2 Å². The Morgan fingerprint density at radius 2 is 2.00 bits per heavy atom. The van der Waals surface area contributed by atoms with Crippen molar-refractivity contribution >= 4 is 0 Å². The molecule has 3 rings (SSSR count). The molecule has 0 saturated heterocycles. The number of hydrogen-bond donors (Lipinski definition) is 0. The van der Waals surface area contributed by atoms with Crippen molar-refractivity contribution in [1.82, 2.24) is 4.98 Å². The van der Waals surface area contributed by atoms with Gasteiger partial charge in [-0.2, -0.15) is 0 Å². The van der Waals surface area contributed by atoms with Crippen molar-refractivity contribution in [2.24, 2.45) is 5.92 Å². The fourth-order valence-corrected chi connectivity index (χ4v) is 2.73. The van der Waals surface area contributed by atoms with Crippen LogP contribution >= 0.6 is 0 Å². The Bertz CT molecular complexity index is 627. The van der Waals surface area contributed by atoms with Gasteiger partial charge in [0.15, 0.2) is 11.5 Å². The Morgan fingerprint density at radius 1 is 1.14 bits per heavy atom. The molecule has 0 saturated carbocycles. The van der Waals surface area contributed by atoms with Crippen LogP contribution in [0.5, 0.6) is 17.4 Å². The minimum absolute atomic E-state index is 0.421. The van der Waals surface area contributed by atoms with E-state index in [9.17, 15) is 0 Å². The molecule has 0 bridgehead atoms. The molecule has 2 heterocycles. The van der Waals surface area contributed by atoms with Gasteiger partial charge in [-0.15, -0.1) is 0 Å². The van der Waals surface area contributed by atoms with E-state index in [2.05, 4.69) is 11.1 Å². The molecule has 1 atom stereocenters. The molecule has 0 spiro atoms. The highest BCUT2D eigenvalue weighted by Gasteiger charge is 2.23. The molecule has 21 heavy (non-hydrogen) atoms. The first-order chi connectivity index (χ1) is 10.3. The van der Waals surface area contributed by atoms with Gasteiger partial charge in [0.2, 0.25) is 5.88 Å². The number of nitrogens with zero attached hydrogens (tertiary/aromatic N) is 1. The molecule has 4 nitrogen and oxygen atoms in total. The molecule has 2 aromatic rings. The summed E-state index contributed by atoms with van der Waals surface area (Å²) in [6, 6.07) is 11.9. The zero-order chi connectivity index (χ0) is 14.7.